The number of carbonyl (C=O) groups is 1. The van der Waals surface area contributed by atoms with E-state index in [4.69, 9.17) is 18.9 Å². The van der Waals surface area contributed by atoms with Crippen LogP contribution in [0.1, 0.15) is 284 Å². The van der Waals surface area contributed by atoms with Crippen molar-refractivity contribution in [3.8, 4) is 0 Å². The van der Waals surface area contributed by atoms with Gasteiger partial charge in [0.05, 0.1) is 19.8 Å². The summed E-state index contributed by atoms with van der Waals surface area (Å²) >= 11 is 0. The third-order valence-electron chi connectivity index (χ3n) is 13.7. The lowest BCUT2D eigenvalue weighted by molar-refractivity contribution is -0.305. The molecule has 0 radical (unpaired) electrons. The molecule has 0 aliphatic carbocycles. The normalized spacial score (nSPS) is 19.3. The van der Waals surface area contributed by atoms with E-state index in [1.54, 1.807) is 0 Å². The van der Waals surface area contributed by atoms with Crippen LogP contribution < -0.4 is 0 Å². The number of hydrogen-bond donors (Lipinski definition) is 4. The van der Waals surface area contributed by atoms with Crippen molar-refractivity contribution >= 4 is 5.97 Å². The topological polar surface area (TPSA) is 135 Å². The lowest BCUT2D eigenvalue weighted by Crippen LogP contribution is -2.59. The number of ether oxygens (including phenoxy) is 4. The Kier molecular flexibility index (Phi) is 46.7. The van der Waals surface area contributed by atoms with Crippen LogP contribution in [0, 0.1) is 0 Å². The third kappa shape index (κ3) is 38.7. The average molecular weight is 939 g/mol. The first-order chi connectivity index (χ1) is 32.4. The van der Waals surface area contributed by atoms with Gasteiger partial charge in [-0.1, -0.05) is 251 Å². The second-order valence-corrected chi connectivity index (χ2v) is 20.1. The first-order valence-corrected chi connectivity index (χ1v) is 28.8. The summed E-state index contributed by atoms with van der Waals surface area (Å²) in [5.41, 5.74) is 0. The molecule has 0 aromatic heterocycles. The predicted octanol–water partition coefficient (Wildman–Crippen LogP) is 14.7. The summed E-state index contributed by atoms with van der Waals surface area (Å²) in [5.74, 6) is -0.308. The molecular weight excluding hydrogens is 829 g/mol. The van der Waals surface area contributed by atoms with Crippen LogP contribution in [-0.4, -0.2) is 89.6 Å². The van der Waals surface area contributed by atoms with Gasteiger partial charge in [-0.25, -0.2) is 0 Å². The van der Waals surface area contributed by atoms with E-state index in [0.29, 0.717) is 13.0 Å². The number of carbonyl (C=O) groups excluding carboxylic acids is 1. The molecule has 0 aromatic carbocycles. The number of esters is 1. The van der Waals surface area contributed by atoms with E-state index in [-0.39, 0.29) is 19.2 Å². The fourth-order valence-corrected chi connectivity index (χ4v) is 9.20. The number of unbranched alkanes of at least 4 members (excludes halogenated alkanes) is 38. The van der Waals surface area contributed by atoms with Crippen molar-refractivity contribution in [1.82, 2.24) is 0 Å². The molecule has 1 heterocycles. The summed E-state index contributed by atoms with van der Waals surface area (Å²) in [7, 11) is 0. The monoisotopic (exact) mass is 939 g/mol. The molecule has 1 rings (SSSR count). The Morgan fingerprint density at radius 3 is 1.23 bits per heavy atom. The summed E-state index contributed by atoms with van der Waals surface area (Å²) in [4.78, 5) is 12.9. The van der Waals surface area contributed by atoms with Gasteiger partial charge >= 0.3 is 5.97 Å². The van der Waals surface area contributed by atoms with Gasteiger partial charge in [-0.15, -0.1) is 0 Å². The van der Waals surface area contributed by atoms with E-state index >= 15 is 0 Å². The van der Waals surface area contributed by atoms with Gasteiger partial charge in [-0.05, 0) is 38.5 Å². The highest BCUT2D eigenvalue weighted by Crippen LogP contribution is 2.23. The summed E-state index contributed by atoms with van der Waals surface area (Å²) in [5, 5.41) is 40.3. The minimum Gasteiger partial charge on any atom is -0.457 e. The molecule has 0 amide bonds. The zero-order valence-corrected chi connectivity index (χ0v) is 43.5. The third-order valence-corrected chi connectivity index (χ3v) is 13.7. The molecule has 0 aromatic rings. The van der Waals surface area contributed by atoms with E-state index in [1.165, 1.54) is 231 Å². The number of aliphatic hydroxyl groups is 4. The van der Waals surface area contributed by atoms with Crippen LogP contribution in [-0.2, 0) is 23.7 Å². The quantitative estimate of drug-likeness (QED) is 0.0267. The van der Waals surface area contributed by atoms with Crippen molar-refractivity contribution < 1.29 is 44.2 Å². The minimum atomic E-state index is -1.53. The van der Waals surface area contributed by atoms with Crippen molar-refractivity contribution in [3.05, 3.63) is 12.2 Å². The second-order valence-electron chi connectivity index (χ2n) is 20.1. The maximum absolute atomic E-state index is 12.9. The molecule has 1 aliphatic heterocycles. The van der Waals surface area contributed by atoms with Crippen LogP contribution in [0.2, 0.25) is 0 Å². The Morgan fingerprint density at radius 1 is 0.470 bits per heavy atom. The molecule has 1 fully saturated rings. The lowest BCUT2D eigenvalue weighted by atomic mass is 9.99. The van der Waals surface area contributed by atoms with E-state index in [1.807, 2.05) is 0 Å². The molecule has 9 heteroatoms. The average Bonchev–Trinajstić information content (AvgIpc) is 3.32. The molecule has 0 saturated carbocycles. The largest absolute Gasteiger partial charge is 0.457 e. The smallest absolute Gasteiger partial charge is 0.306 e. The number of allylic oxidation sites excluding steroid dienone is 2. The highest BCUT2D eigenvalue weighted by molar-refractivity contribution is 5.69. The maximum atomic E-state index is 12.9. The molecule has 4 N–H and O–H groups in total. The molecule has 9 nitrogen and oxygen atoms in total. The van der Waals surface area contributed by atoms with Crippen molar-refractivity contribution in [2.75, 3.05) is 26.4 Å². The molecule has 6 atom stereocenters. The highest BCUT2D eigenvalue weighted by atomic mass is 16.7. The van der Waals surface area contributed by atoms with E-state index in [9.17, 15) is 25.2 Å². The standard InChI is InChI=1S/C57H110O9/c1-3-5-7-9-11-13-15-17-19-21-23-25-27-29-31-33-35-37-39-41-43-45-47-63-49-51(50-64-57-56(62)55(61)54(60)52(48-58)66-57)65-53(59)46-44-42-40-38-36-34-32-30-28-26-24-22-20-18-16-14-12-10-8-6-4-2/h22,24,51-52,54-58,60-62H,3-21,23,25-50H2,1-2H3/b24-22-. The Balaban J connectivity index is 2.14. The first-order valence-electron chi connectivity index (χ1n) is 28.8. The molecular formula is C57H110O9. The maximum Gasteiger partial charge on any atom is 0.306 e. The fourth-order valence-electron chi connectivity index (χ4n) is 9.20. The van der Waals surface area contributed by atoms with Crippen molar-refractivity contribution in [1.29, 1.82) is 0 Å². The zero-order chi connectivity index (χ0) is 47.8. The van der Waals surface area contributed by atoms with Crippen molar-refractivity contribution in [3.63, 3.8) is 0 Å². The Labute approximate surface area is 407 Å². The van der Waals surface area contributed by atoms with E-state index in [0.717, 1.165) is 32.1 Å². The minimum absolute atomic E-state index is 0.108. The molecule has 6 unspecified atom stereocenters. The van der Waals surface area contributed by atoms with Crippen LogP contribution in [0.25, 0.3) is 0 Å². The van der Waals surface area contributed by atoms with Crippen LogP contribution in [0.4, 0.5) is 0 Å². The molecule has 0 spiro atoms. The first kappa shape index (κ1) is 62.9. The number of hydrogen-bond acceptors (Lipinski definition) is 9. The Bertz CT molecular complexity index is 1020. The Morgan fingerprint density at radius 2 is 0.833 bits per heavy atom. The van der Waals surface area contributed by atoms with Gasteiger partial charge in [0, 0.05) is 13.0 Å². The zero-order valence-electron chi connectivity index (χ0n) is 43.5. The van der Waals surface area contributed by atoms with Gasteiger partial charge < -0.3 is 39.4 Å². The van der Waals surface area contributed by atoms with E-state index in [2.05, 4.69) is 26.0 Å². The highest BCUT2D eigenvalue weighted by Gasteiger charge is 2.44. The molecule has 1 aliphatic rings. The van der Waals surface area contributed by atoms with Gasteiger partial charge in [-0.3, -0.25) is 4.79 Å². The van der Waals surface area contributed by atoms with Crippen LogP contribution in [0.3, 0.4) is 0 Å². The van der Waals surface area contributed by atoms with Gasteiger partial charge in [0.25, 0.3) is 0 Å². The number of rotatable bonds is 51. The van der Waals surface area contributed by atoms with Crippen molar-refractivity contribution in [2.24, 2.45) is 0 Å². The van der Waals surface area contributed by atoms with Gasteiger partial charge in [-0.2, -0.15) is 0 Å². The lowest BCUT2D eigenvalue weighted by Gasteiger charge is -2.39. The Hall–Kier alpha value is -1.07. The summed E-state index contributed by atoms with van der Waals surface area (Å²) in [6.45, 7) is 4.63. The van der Waals surface area contributed by atoms with E-state index < -0.39 is 43.4 Å². The number of aliphatic hydroxyl groups excluding tert-OH is 4. The second kappa shape index (κ2) is 48.9. The van der Waals surface area contributed by atoms with Gasteiger partial charge in [0.2, 0.25) is 0 Å². The molecule has 392 valence electrons. The summed E-state index contributed by atoms with van der Waals surface area (Å²) in [6.07, 6.45) is 51.2. The molecule has 66 heavy (non-hydrogen) atoms. The van der Waals surface area contributed by atoms with Gasteiger partial charge in [0.15, 0.2) is 6.29 Å². The SMILES string of the molecule is CCCCCCCCCC/C=C\CCCCCCCCCCCC(=O)OC(COCCCCCCCCCCCCCCCCCCCCCCCC)COC1OC(CO)C(O)C(O)C1O. The summed E-state index contributed by atoms with van der Waals surface area (Å²) in [6, 6.07) is 0. The van der Waals surface area contributed by atoms with Crippen LogP contribution >= 0.6 is 0 Å². The predicted molar refractivity (Wildman–Crippen MR) is 275 cm³/mol. The molecule has 0 bridgehead atoms. The van der Waals surface area contributed by atoms with Gasteiger partial charge in [0.1, 0.15) is 30.5 Å². The van der Waals surface area contributed by atoms with Crippen LogP contribution in [0.5, 0.6) is 0 Å². The van der Waals surface area contributed by atoms with Crippen molar-refractivity contribution in [2.45, 2.75) is 320 Å². The van der Waals surface area contributed by atoms with Crippen LogP contribution in [0.15, 0.2) is 12.2 Å². The summed E-state index contributed by atoms with van der Waals surface area (Å²) < 4.78 is 23.0. The molecule has 1 saturated heterocycles. The fraction of sp³-hybridized carbons (Fsp3) is 0.947.